The van der Waals surface area contributed by atoms with Crippen LogP contribution in [-0.2, 0) is 6.42 Å². The topological polar surface area (TPSA) is 0 Å². The number of aryl methyl sites for hydroxylation is 1. The molecular formula is C13H21P. The molecule has 1 aromatic rings. The molecule has 0 fully saturated rings. The number of unbranched alkanes of at least 4 members (excludes halogenated alkanes) is 2. The van der Waals surface area contributed by atoms with E-state index < -0.39 is 0 Å². The Hall–Kier alpha value is -0.350. The maximum Gasteiger partial charge on any atom is -0.0279 e. The van der Waals surface area contributed by atoms with E-state index in [0.717, 1.165) is 0 Å². The monoisotopic (exact) mass is 208 g/mol. The highest BCUT2D eigenvalue weighted by Gasteiger charge is 1.94. The summed E-state index contributed by atoms with van der Waals surface area (Å²) in [6, 6.07) is 10.8. The Morgan fingerprint density at radius 3 is 2.29 bits per heavy atom. The number of benzene rings is 1. The van der Waals surface area contributed by atoms with Crippen LogP contribution in [0.3, 0.4) is 0 Å². The maximum atomic E-state index is 2.37. The van der Waals surface area contributed by atoms with Crippen LogP contribution in [0, 0.1) is 0 Å². The van der Waals surface area contributed by atoms with Gasteiger partial charge in [0.25, 0.3) is 0 Å². The molecule has 0 aromatic heterocycles. The summed E-state index contributed by atoms with van der Waals surface area (Å²) in [4.78, 5) is 0. The molecule has 1 aromatic carbocycles. The standard InChI is InChI=1S/C13H21P/c1-14(2)12-8-4-7-11-13-9-5-3-6-10-13/h3,5-6,9-10H,4,7-8,11-12H2,1-2H3. The Bertz CT molecular complexity index is 228. The van der Waals surface area contributed by atoms with Crippen molar-refractivity contribution in [2.75, 3.05) is 19.5 Å². The number of rotatable bonds is 6. The first-order chi connectivity index (χ1) is 6.79. The molecule has 0 aliphatic rings. The van der Waals surface area contributed by atoms with Crippen molar-refractivity contribution < 1.29 is 0 Å². The lowest BCUT2D eigenvalue weighted by Crippen LogP contribution is -1.87. The van der Waals surface area contributed by atoms with Crippen LogP contribution in [0.15, 0.2) is 30.3 Å². The molecule has 1 rings (SSSR count). The van der Waals surface area contributed by atoms with Crippen LogP contribution in [0.1, 0.15) is 24.8 Å². The first-order valence-corrected chi connectivity index (χ1v) is 7.90. The molecule has 0 heterocycles. The second-order valence-electron chi connectivity index (χ2n) is 4.10. The van der Waals surface area contributed by atoms with Gasteiger partial charge in [0.1, 0.15) is 0 Å². The molecule has 0 aliphatic carbocycles. The zero-order valence-electron chi connectivity index (χ0n) is 9.37. The van der Waals surface area contributed by atoms with Crippen molar-refractivity contribution in [1.29, 1.82) is 0 Å². The van der Waals surface area contributed by atoms with Gasteiger partial charge in [-0.15, -0.1) is 7.92 Å². The fourth-order valence-electron chi connectivity index (χ4n) is 1.58. The lowest BCUT2D eigenvalue weighted by atomic mass is 10.1. The summed E-state index contributed by atoms with van der Waals surface area (Å²) in [6.45, 7) is 4.74. The third-order valence-corrected chi connectivity index (χ3v) is 3.62. The van der Waals surface area contributed by atoms with E-state index >= 15 is 0 Å². The molecule has 78 valence electrons. The van der Waals surface area contributed by atoms with E-state index in [1.807, 2.05) is 0 Å². The fourth-order valence-corrected chi connectivity index (χ4v) is 2.43. The fraction of sp³-hybridized carbons (Fsp3) is 0.538. The molecule has 1 heteroatoms. The van der Waals surface area contributed by atoms with Crippen molar-refractivity contribution in [3.8, 4) is 0 Å². The van der Waals surface area contributed by atoms with Crippen molar-refractivity contribution in [2.45, 2.75) is 25.7 Å². The van der Waals surface area contributed by atoms with E-state index in [-0.39, 0.29) is 0 Å². The Morgan fingerprint density at radius 2 is 1.64 bits per heavy atom. The molecule has 0 unspecified atom stereocenters. The van der Waals surface area contributed by atoms with Gasteiger partial charge >= 0.3 is 0 Å². The van der Waals surface area contributed by atoms with Crippen molar-refractivity contribution >= 4 is 7.92 Å². The van der Waals surface area contributed by atoms with Crippen molar-refractivity contribution in [3.05, 3.63) is 35.9 Å². The Balaban J connectivity index is 2.05. The highest BCUT2D eigenvalue weighted by atomic mass is 31.1. The van der Waals surface area contributed by atoms with E-state index in [1.54, 1.807) is 0 Å². The summed E-state index contributed by atoms with van der Waals surface area (Å²) in [5, 5.41) is 0. The van der Waals surface area contributed by atoms with Crippen LogP contribution < -0.4 is 0 Å². The summed E-state index contributed by atoms with van der Waals surface area (Å²) in [5.41, 5.74) is 1.49. The first kappa shape index (κ1) is 11.7. The van der Waals surface area contributed by atoms with Gasteiger partial charge < -0.3 is 0 Å². The van der Waals surface area contributed by atoms with Crippen LogP contribution in [0.2, 0.25) is 0 Å². The summed E-state index contributed by atoms with van der Waals surface area (Å²) >= 11 is 0. The quantitative estimate of drug-likeness (QED) is 0.487. The van der Waals surface area contributed by atoms with Crippen molar-refractivity contribution in [1.82, 2.24) is 0 Å². The predicted octanol–water partition coefficient (Wildman–Crippen LogP) is 4.14. The predicted molar refractivity (Wildman–Crippen MR) is 67.6 cm³/mol. The van der Waals surface area contributed by atoms with Crippen LogP contribution in [0.25, 0.3) is 0 Å². The molecule has 14 heavy (non-hydrogen) atoms. The largest absolute Gasteiger partial charge is 0.113 e. The van der Waals surface area contributed by atoms with Gasteiger partial charge in [-0.2, -0.15) is 0 Å². The molecule has 0 bridgehead atoms. The Kier molecular flexibility index (Phi) is 5.87. The molecular weight excluding hydrogens is 187 g/mol. The van der Waals surface area contributed by atoms with E-state index in [0.29, 0.717) is 7.92 Å². The summed E-state index contributed by atoms with van der Waals surface area (Å²) in [7, 11) is 0.329. The lowest BCUT2D eigenvalue weighted by molar-refractivity contribution is 0.721. The van der Waals surface area contributed by atoms with Crippen LogP contribution in [0.4, 0.5) is 0 Å². The van der Waals surface area contributed by atoms with Gasteiger partial charge in [-0.1, -0.05) is 36.8 Å². The molecule has 0 aliphatic heterocycles. The molecule has 0 radical (unpaired) electrons. The minimum atomic E-state index is 0.329. The smallest absolute Gasteiger partial charge is 0.0279 e. The van der Waals surface area contributed by atoms with Crippen molar-refractivity contribution in [2.24, 2.45) is 0 Å². The summed E-state index contributed by atoms with van der Waals surface area (Å²) < 4.78 is 0. The van der Waals surface area contributed by atoms with Gasteiger partial charge in [-0.25, -0.2) is 0 Å². The SMILES string of the molecule is CP(C)CCCCCc1ccccc1. The third-order valence-electron chi connectivity index (χ3n) is 2.41. The number of hydrogen-bond acceptors (Lipinski definition) is 0. The van der Waals surface area contributed by atoms with Crippen LogP contribution >= 0.6 is 7.92 Å². The third kappa shape index (κ3) is 5.40. The van der Waals surface area contributed by atoms with Crippen molar-refractivity contribution in [3.63, 3.8) is 0 Å². The second kappa shape index (κ2) is 7.01. The first-order valence-electron chi connectivity index (χ1n) is 5.47. The summed E-state index contributed by atoms with van der Waals surface area (Å²) in [5.74, 6) is 0. The minimum absolute atomic E-state index is 0.329. The minimum Gasteiger partial charge on any atom is -0.113 e. The van der Waals surface area contributed by atoms with Crippen LogP contribution in [0.5, 0.6) is 0 Å². The molecule has 0 atom stereocenters. The molecule has 0 spiro atoms. The Labute approximate surface area is 89.5 Å². The normalized spacial score (nSPS) is 10.8. The average molecular weight is 208 g/mol. The zero-order valence-corrected chi connectivity index (χ0v) is 10.3. The Morgan fingerprint density at radius 1 is 0.929 bits per heavy atom. The van der Waals surface area contributed by atoms with Gasteiger partial charge in [0, 0.05) is 0 Å². The van der Waals surface area contributed by atoms with E-state index in [2.05, 4.69) is 43.7 Å². The molecule has 0 amide bonds. The maximum absolute atomic E-state index is 2.37. The lowest BCUT2D eigenvalue weighted by Gasteiger charge is -2.04. The molecule has 0 saturated carbocycles. The molecule has 0 N–H and O–H groups in total. The summed E-state index contributed by atoms with van der Waals surface area (Å²) in [6.07, 6.45) is 6.88. The van der Waals surface area contributed by atoms with Gasteiger partial charge in [0.05, 0.1) is 0 Å². The van der Waals surface area contributed by atoms with Gasteiger partial charge in [0.2, 0.25) is 0 Å². The van der Waals surface area contributed by atoms with E-state index in [4.69, 9.17) is 0 Å². The van der Waals surface area contributed by atoms with Gasteiger partial charge in [-0.3, -0.25) is 0 Å². The van der Waals surface area contributed by atoms with E-state index in [1.165, 1.54) is 37.4 Å². The average Bonchev–Trinajstić information content (AvgIpc) is 2.18. The van der Waals surface area contributed by atoms with E-state index in [9.17, 15) is 0 Å². The van der Waals surface area contributed by atoms with Crippen LogP contribution in [-0.4, -0.2) is 19.5 Å². The molecule has 0 nitrogen and oxygen atoms in total. The van der Waals surface area contributed by atoms with Gasteiger partial charge in [-0.05, 0) is 44.3 Å². The molecule has 0 saturated heterocycles. The zero-order chi connectivity index (χ0) is 10.2. The second-order valence-corrected chi connectivity index (χ2v) is 6.71. The highest BCUT2D eigenvalue weighted by molar-refractivity contribution is 7.55. The highest BCUT2D eigenvalue weighted by Crippen LogP contribution is 2.25. The van der Waals surface area contributed by atoms with Gasteiger partial charge in [0.15, 0.2) is 0 Å². The number of hydrogen-bond donors (Lipinski definition) is 0.